The van der Waals surface area contributed by atoms with Gasteiger partial charge in [-0.15, -0.1) is 0 Å². The van der Waals surface area contributed by atoms with Gasteiger partial charge >= 0.3 is 0 Å². The molecule has 7 heteroatoms. The second-order valence-electron chi connectivity index (χ2n) is 7.71. The molecule has 0 bridgehead atoms. The monoisotopic (exact) mass is 377 g/mol. The molecule has 0 aromatic carbocycles. The molecule has 0 fully saturated rings. The first kappa shape index (κ1) is 23.2. The Kier molecular flexibility index (Phi) is 9.55. The highest BCUT2D eigenvalue weighted by atomic mass is 16.2. The molecule has 27 heavy (non-hydrogen) atoms. The summed E-state index contributed by atoms with van der Waals surface area (Å²) in [5, 5.41) is 0. The van der Waals surface area contributed by atoms with Crippen LogP contribution < -0.4 is 22.1 Å². The third-order valence-corrected chi connectivity index (χ3v) is 4.87. The molecule has 0 aliphatic heterocycles. The number of aromatic nitrogens is 1. The number of rotatable bonds is 11. The summed E-state index contributed by atoms with van der Waals surface area (Å²) in [6.45, 7) is 7.91. The molecule has 7 nitrogen and oxygen atoms in total. The Morgan fingerprint density at radius 3 is 2.30 bits per heavy atom. The van der Waals surface area contributed by atoms with Crippen molar-refractivity contribution < 1.29 is 9.59 Å². The van der Waals surface area contributed by atoms with Crippen LogP contribution in [0.15, 0.2) is 24.4 Å². The van der Waals surface area contributed by atoms with E-state index in [0.717, 1.165) is 12.8 Å². The standard InChI is InChI=1S/C20H35N5O2/c1-5-14(4)20(23)17(26)12-25(18-8-6-7-9-24-18)19(27)11-16(22)15(21)10-13(2)3/h6-9,13-16,20H,5,10-12,21-23H2,1-4H3/t14-,15-,16-,20-/m0/s1. The van der Waals surface area contributed by atoms with Crippen molar-refractivity contribution in [3.8, 4) is 0 Å². The second kappa shape index (κ2) is 11.1. The highest BCUT2D eigenvalue weighted by molar-refractivity contribution is 6.00. The number of anilines is 1. The fraction of sp³-hybridized carbons (Fsp3) is 0.650. The van der Waals surface area contributed by atoms with E-state index < -0.39 is 12.1 Å². The van der Waals surface area contributed by atoms with Crippen molar-refractivity contribution in [2.24, 2.45) is 29.0 Å². The fourth-order valence-corrected chi connectivity index (χ4v) is 2.83. The number of ketones is 1. The Bertz CT molecular complexity index is 593. The molecular weight excluding hydrogens is 342 g/mol. The maximum atomic E-state index is 12.9. The van der Waals surface area contributed by atoms with Gasteiger partial charge in [-0.1, -0.05) is 40.2 Å². The molecule has 0 spiro atoms. The molecule has 4 atom stereocenters. The zero-order chi connectivity index (χ0) is 20.6. The summed E-state index contributed by atoms with van der Waals surface area (Å²) in [6, 6.07) is 3.84. The van der Waals surface area contributed by atoms with Crippen LogP contribution in [0.4, 0.5) is 5.82 Å². The van der Waals surface area contributed by atoms with Crippen LogP contribution in [-0.4, -0.2) is 41.3 Å². The average Bonchev–Trinajstić information content (AvgIpc) is 2.64. The van der Waals surface area contributed by atoms with Crippen LogP contribution in [0.5, 0.6) is 0 Å². The number of Topliss-reactive ketones (excluding diaryl/α,β-unsaturated/α-hetero) is 1. The molecule has 1 aromatic rings. The van der Waals surface area contributed by atoms with Crippen LogP contribution >= 0.6 is 0 Å². The van der Waals surface area contributed by atoms with E-state index in [-0.39, 0.29) is 36.6 Å². The Morgan fingerprint density at radius 1 is 1.11 bits per heavy atom. The zero-order valence-electron chi connectivity index (χ0n) is 17.0. The first-order valence-electron chi connectivity index (χ1n) is 9.68. The largest absolute Gasteiger partial charge is 0.326 e. The van der Waals surface area contributed by atoms with Gasteiger partial charge in [0.05, 0.1) is 12.6 Å². The van der Waals surface area contributed by atoms with Gasteiger partial charge in [0.25, 0.3) is 0 Å². The Balaban J connectivity index is 2.92. The summed E-state index contributed by atoms with van der Waals surface area (Å²) in [7, 11) is 0. The molecule has 6 N–H and O–H groups in total. The van der Waals surface area contributed by atoms with Gasteiger partial charge in [0, 0.05) is 24.7 Å². The summed E-state index contributed by atoms with van der Waals surface area (Å²) in [6.07, 6.45) is 3.16. The SMILES string of the molecule is CC[C@H](C)[C@H](N)C(=O)CN(C(=O)C[C@H](N)[C@@H](N)CC(C)C)c1ccccn1. The van der Waals surface area contributed by atoms with E-state index in [0.29, 0.717) is 11.7 Å². The molecule has 0 saturated heterocycles. The minimum atomic E-state index is -0.620. The van der Waals surface area contributed by atoms with E-state index in [1.54, 1.807) is 24.4 Å². The van der Waals surface area contributed by atoms with Gasteiger partial charge in [0.15, 0.2) is 5.78 Å². The van der Waals surface area contributed by atoms with E-state index in [4.69, 9.17) is 17.2 Å². The molecule has 0 unspecified atom stereocenters. The van der Waals surface area contributed by atoms with Crippen LogP contribution in [-0.2, 0) is 9.59 Å². The Labute approximate surface area is 162 Å². The van der Waals surface area contributed by atoms with Gasteiger partial charge in [0.1, 0.15) is 5.82 Å². The van der Waals surface area contributed by atoms with Gasteiger partial charge in [-0.3, -0.25) is 14.5 Å². The normalized spacial score (nSPS) is 15.9. The second-order valence-corrected chi connectivity index (χ2v) is 7.71. The fourth-order valence-electron chi connectivity index (χ4n) is 2.83. The van der Waals surface area contributed by atoms with Crippen LogP contribution in [0.1, 0.15) is 47.0 Å². The van der Waals surface area contributed by atoms with Gasteiger partial charge in [-0.2, -0.15) is 0 Å². The maximum Gasteiger partial charge on any atom is 0.230 e. The predicted molar refractivity (Wildman–Crippen MR) is 109 cm³/mol. The number of nitrogens with zero attached hydrogens (tertiary/aromatic N) is 2. The van der Waals surface area contributed by atoms with Crippen LogP contribution in [0.2, 0.25) is 0 Å². The maximum absolute atomic E-state index is 12.9. The molecule has 152 valence electrons. The van der Waals surface area contributed by atoms with E-state index in [2.05, 4.69) is 18.8 Å². The number of carbonyl (C=O) groups is 2. The van der Waals surface area contributed by atoms with Crippen LogP contribution in [0, 0.1) is 11.8 Å². The van der Waals surface area contributed by atoms with E-state index >= 15 is 0 Å². The molecule has 1 heterocycles. The van der Waals surface area contributed by atoms with Crippen molar-refractivity contribution >= 4 is 17.5 Å². The molecule has 1 aromatic heterocycles. The quantitative estimate of drug-likeness (QED) is 0.535. The Hall–Kier alpha value is -1.83. The third kappa shape index (κ3) is 7.36. The first-order valence-corrected chi connectivity index (χ1v) is 9.68. The lowest BCUT2D eigenvalue weighted by molar-refractivity contribution is -0.124. The minimum Gasteiger partial charge on any atom is -0.326 e. The third-order valence-electron chi connectivity index (χ3n) is 4.87. The number of pyridine rings is 1. The molecule has 0 aliphatic carbocycles. The van der Waals surface area contributed by atoms with E-state index in [1.807, 2.05) is 13.8 Å². The van der Waals surface area contributed by atoms with Gasteiger partial charge in [-0.05, 0) is 30.4 Å². The number of carbonyl (C=O) groups excluding carboxylic acids is 2. The molecule has 0 aliphatic rings. The van der Waals surface area contributed by atoms with Crippen molar-refractivity contribution in [2.75, 3.05) is 11.4 Å². The van der Waals surface area contributed by atoms with Crippen molar-refractivity contribution in [3.05, 3.63) is 24.4 Å². The lowest BCUT2D eigenvalue weighted by atomic mass is 9.95. The number of nitrogens with two attached hydrogens (primary N) is 3. The minimum absolute atomic E-state index is 0.0416. The predicted octanol–water partition coefficient (Wildman–Crippen LogP) is 1.45. The summed E-state index contributed by atoms with van der Waals surface area (Å²) in [5.74, 6) is 0.383. The molecule has 1 rings (SSSR count). The van der Waals surface area contributed by atoms with Gasteiger partial charge in [-0.25, -0.2) is 4.98 Å². The number of hydrogen-bond donors (Lipinski definition) is 3. The van der Waals surface area contributed by atoms with Crippen LogP contribution in [0.3, 0.4) is 0 Å². The van der Waals surface area contributed by atoms with Crippen molar-refractivity contribution in [2.45, 2.75) is 65.1 Å². The molecule has 1 amide bonds. The number of hydrogen-bond acceptors (Lipinski definition) is 6. The lowest BCUT2D eigenvalue weighted by Crippen LogP contribution is -2.49. The van der Waals surface area contributed by atoms with E-state index in [9.17, 15) is 9.59 Å². The molecule has 0 radical (unpaired) electrons. The molecule has 0 saturated carbocycles. The highest BCUT2D eigenvalue weighted by Crippen LogP contribution is 2.15. The van der Waals surface area contributed by atoms with E-state index in [1.165, 1.54) is 4.90 Å². The topological polar surface area (TPSA) is 128 Å². The first-order chi connectivity index (χ1) is 12.7. The summed E-state index contributed by atoms with van der Waals surface area (Å²) < 4.78 is 0. The van der Waals surface area contributed by atoms with Crippen LogP contribution in [0.25, 0.3) is 0 Å². The smallest absolute Gasteiger partial charge is 0.230 e. The van der Waals surface area contributed by atoms with Gasteiger partial charge in [0.2, 0.25) is 5.91 Å². The summed E-state index contributed by atoms with van der Waals surface area (Å²) in [4.78, 5) is 31.1. The van der Waals surface area contributed by atoms with Gasteiger partial charge < -0.3 is 17.2 Å². The average molecular weight is 378 g/mol. The summed E-state index contributed by atoms with van der Waals surface area (Å²) >= 11 is 0. The summed E-state index contributed by atoms with van der Waals surface area (Å²) in [5.41, 5.74) is 18.3. The zero-order valence-corrected chi connectivity index (χ0v) is 17.0. The number of amides is 1. The lowest BCUT2D eigenvalue weighted by Gasteiger charge is -2.27. The molecular formula is C20H35N5O2. The Morgan fingerprint density at radius 2 is 1.78 bits per heavy atom. The van der Waals surface area contributed by atoms with Crippen molar-refractivity contribution in [1.29, 1.82) is 0 Å². The van der Waals surface area contributed by atoms with Crippen molar-refractivity contribution in [3.63, 3.8) is 0 Å². The highest BCUT2D eigenvalue weighted by Gasteiger charge is 2.28. The van der Waals surface area contributed by atoms with Crippen molar-refractivity contribution in [1.82, 2.24) is 4.98 Å².